The third kappa shape index (κ3) is 1.50. The molecule has 0 aromatic heterocycles. The van der Waals surface area contributed by atoms with E-state index < -0.39 is 5.24 Å². The van der Waals surface area contributed by atoms with E-state index >= 15 is 0 Å². The number of ether oxygens (including phenoxy) is 1. The lowest BCUT2D eigenvalue weighted by Gasteiger charge is -2.20. The summed E-state index contributed by atoms with van der Waals surface area (Å²) in [5.41, 5.74) is 2.59. The number of rotatable bonds is 1. The standard InChI is InChI=1S/C11H11ClO2/c1-7-9(11(12)13)5-4-8-3-2-6-14-10(7)8/h4-5H,2-3,6H2,1H3. The second-order valence-corrected chi connectivity index (χ2v) is 3.80. The Labute approximate surface area is 87.8 Å². The SMILES string of the molecule is Cc1c(C(=O)Cl)ccc2c1OCCC2. The molecule has 0 bridgehead atoms. The van der Waals surface area contributed by atoms with E-state index in [1.54, 1.807) is 6.07 Å². The number of carbonyl (C=O) groups excluding carboxylic acids is 1. The van der Waals surface area contributed by atoms with E-state index in [2.05, 4.69) is 0 Å². The van der Waals surface area contributed by atoms with Gasteiger partial charge in [0, 0.05) is 11.1 Å². The van der Waals surface area contributed by atoms with Gasteiger partial charge >= 0.3 is 0 Å². The Balaban J connectivity index is 2.54. The second kappa shape index (κ2) is 3.62. The van der Waals surface area contributed by atoms with E-state index in [4.69, 9.17) is 16.3 Å². The largest absolute Gasteiger partial charge is 0.493 e. The van der Waals surface area contributed by atoms with Gasteiger partial charge in [-0.25, -0.2) is 0 Å². The van der Waals surface area contributed by atoms with Crippen LogP contribution in [0.25, 0.3) is 0 Å². The van der Waals surface area contributed by atoms with Crippen LogP contribution in [0, 0.1) is 6.92 Å². The average Bonchev–Trinajstić information content (AvgIpc) is 2.18. The summed E-state index contributed by atoms with van der Waals surface area (Å²) < 4.78 is 5.53. The molecule has 1 aliphatic rings. The van der Waals surface area contributed by atoms with Gasteiger partial charge in [0.2, 0.25) is 0 Å². The fraction of sp³-hybridized carbons (Fsp3) is 0.364. The van der Waals surface area contributed by atoms with Crippen LogP contribution in [0.1, 0.15) is 27.9 Å². The first kappa shape index (κ1) is 9.53. The van der Waals surface area contributed by atoms with Gasteiger partial charge in [-0.1, -0.05) is 6.07 Å². The summed E-state index contributed by atoms with van der Waals surface area (Å²) >= 11 is 5.46. The van der Waals surface area contributed by atoms with Crippen LogP contribution in [0.2, 0.25) is 0 Å². The zero-order chi connectivity index (χ0) is 10.1. The Bertz CT molecular complexity index is 385. The van der Waals surface area contributed by atoms with Crippen LogP contribution in [-0.4, -0.2) is 11.8 Å². The molecule has 74 valence electrons. The molecule has 0 radical (unpaired) electrons. The van der Waals surface area contributed by atoms with Gasteiger partial charge in [0.15, 0.2) is 0 Å². The number of aryl methyl sites for hydroxylation is 1. The van der Waals surface area contributed by atoms with Crippen molar-refractivity contribution in [2.45, 2.75) is 19.8 Å². The normalized spacial score (nSPS) is 14.4. The molecule has 0 saturated carbocycles. The van der Waals surface area contributed by atoms with Crippen LogP contribution < -0.4 is 4.74 Å². The lowest BCUT2D eigenvalue weighted by Crippen LogP contribution is -2.11. The molecule has 0 N–H and O–H groups in total. The van der Waals surface area contributed by atoms with E-state index in [0.29, 0.717) is 5.56 Å². The lowest BCUT2D eigenvalue weighted by atomic mass is 9.99. The number of hydrogen-bond donors (Lipinski definition) is 0. The Morgan fingerprint density at radius 2 is 2.29 bits per heavy atom. The average molecular weight is 211 g/mol. The molecule has 0 atom stereocenters. The first-order valence-corrected chi connectivity index (χ1v) is 5.03. The molecule has 0 aliphatic carbocycles. The molecule has 2 rings (SSSR count). The predicted octanol–water partition coefficient (Wildman–Crippen LogP) is 2.70. The maximum Gasteiger partial charge on any atom is 0.252 e. The van der Waals surface area contributed by atoms with Gasteiger partial charge in [-0.05, 0) is 43.0 Å². The molecule has 0 amide bonds. The predicted molar refractivity (Wildman–Crippen MR) is 55.2 cm³/mol. The molecule has 0 spiro atoms. The van der Waals surface area contributed by atoms with Crippen molar-refractivity contribution in [1.29, 1.82) is 0 Å². The Hall–Kier alpha value is -1.02. The van der Waals surface area contributed by atoms with Gasteiger partial charge in [0.05, 0.1) is 6.61 Å². The lowest BCUT2D eigenvalue weighted by molar-refractivity contribution is 0.108. The van der Waals surface area contributed by atoms with Crippen LogP contribution in [0.5, 0.6) is 5.75 Å². The van der Waals surface area contributed by atoms with Crippen molar-refractivity contribution < 1.29 is 9.53 Å². The summed E-state index contributed by atoms with van der Waals surface area (Å²) in [7, 11) is 0. The highest BCUT2D eigenvalue weighted by Crippen LogP contribution is 2.31. The highest BCUT2D eigenvalue weighted by Gasteiger charge is 2.17. The smallest absolute Gasteiger partial charge is 0.252 e. The van der Waals surface area contributed by atoms with Crippen molar-refractivity contribution in [2.24, 2.45) is 0 Å². The molecule has 1 aliphatic heterocycles. The highest BCUT2D eigenvalue weighted by atomic mass is 35.5. The molecule has 1 aromatic carbocycles. The minimum Gasteiger partial charge on any atom is -0.493 e. The number of halogens is 1. The van der Waals surface area contributed by atoms with Gasteiger partial charge in [-0.3, -0.25) is 4.79 Å². The van der Waals surface area contributed by atoms with E-state index in [9.17, 15) is 4.79 Å². The first-order chi connectivity index (χ1) is 6.70. The number of benzene rings is 1. The van der Waals surface area contributed by atoms with Crippen LogP contribution in [0.15, 0.2) is 12.1 Å². The highest BCUT2D eigenvalue weighted by molar-refractivity contribution is 6.67. The minimum absolute atomic E-state index is 0.417. The zero-order valence-electron chi connectivity index (χ0n) is 7.97. The van der Waals surface area contributed by atoms with Crippen LogP contribution in [0.3, 0.4) is 0 Å². The Morgan fingerprint density at radius 3 is 3.00 bits per heavy atom. The molecule has 1 aromatic rings. The summed E-state index contributed by atoms with van der Waals surface area (Å²) in [6.45, 7) is 2.60. The quantitative estimate of drug-likeness (QED) is 0.667. The molecule has 0 unspecified atom stereocenters. The number of hydrogen-bond acceptors (Lipinski definition) is 2. The van der Waals surface area contributed by atoms with Crippen molar-refractivity contribution in [3.05, 3.63) is 28.8 Å². The second-order valence-electron chi connectivity index (χ2n) is 3.45. The fourth-order valence-corrected chi connectivity index (χ4v) is 2.00. The van der Waals surface area contributed by atoms with E-state index in [-0.39, 0.29) is 0 Å². The summed E-state index contributed by atoms with van der Waals surface area (Å²) in [6.07, 6.45) is 2.06. The van der Waals surface area contributed by atoms with Crippen LogP contribution in [-0.2, 0) is 6.42 Å². The molecule has 14 heavy (non-hydrogen) atoms. The van der Waals surface area contributed by atoms with Crippen molar-refractivity contribution in [2.75, 3.05) is 6.61 Å². The topological polar surface area (TPSA) is 26.3 Å². The Kier molecular flexibility index (Phi) is 2.46. The summed E-state index contributed by atoms with van der Waals surface area (Å²) in [5, 5.41) is -0.417. The third-order valence-electron chi connectivity index (χ3n) is 2.54. The summed E-state index contributed by atoms with van der Waals surface area (Å²) in [4.78, 5) is 11.1. The molecule has 2 nitrogen and oxygen atoms in total. The van der Waals surface area contributed by atoms with Gasteiger partial charge in [-0.2, -0.15) is 0 Å². The zero-order valence-corrected chi connectivity index (χ0v) is 8.73. The van der Waals surface area contributed by atoms with Gasteiger partial charge in [0.1, 0.15) is 5.75 Å². The monoisotopic (exact) mass is 210 g/mol. The first-order valence-electron chi connectivity index (χ1n) is 4.65. The number of fused-ring (bicyclic) bond motifs is 1. The minimum atomic E-state index is -0.417. The van der Waals surface area contributed by atoms with Gasteiger partial charge < -0.3 is 4.74 Å². The van der Waals surface area contributed by atoms with Crippen LogP contribution in [0.4, 0.5) is 0 Å². The van der Waals surface area contributed by atoms with E-state index in [1.807, 2.05) is 13.0 Å². The molecular formula is C11H11ClO2. The van der Waals surface area contributed by atoms with Crippen molar-refractivity contribution >= 4 is 16.8 Å². The van der Waals surface area contributed by atoms with Gasteiger partial charge in [0.25, 0.3) is 5.24 Å². The molecule has 1 heterocycles. The molecule has 0 saturated heterocycles. The van der Waals surface area contributed by atoms with E-state index in [0.717, 1.165) is 30.8 Å². The maximum absolute atomic E-state index is 11.1. The number of carbonyl (C=O) groups is 1. The molecular weight excluding hydrogens is 200 g/mol. The fourth-order valence-electron chi connectivity index (χ4n) is 1.80. The van der Waals surface area contributed by atoms with Gasteiger partial charge in [-0.15, -0.1) is 0 Å². The third-order valence-corrected chi connectivity index (χ3v) is 2.74. The summed E-state index contributed by atoms with van der Waals surface area (Å²) in [5.74, 6) is 0.850. The van der Waals surface area contributed by atoms with Crippen molar-refractivity contribution in [1.82, 2.24) is 0 Å². The van der Waals surface area contributed by atoms with Crippen molar-refractivity contribution in [3.8, 4) is 5.75 Å². The molecule has 0 fully saturated rings. The van der Waals surface area contributed by atoms with Crippen molar-refractivity contribution in [3.63, 3.8) is 0 Å². The van der Waals surface area contributed by atoms with E-state index in [1.165, 1.54) is 5.56 Å². The Morgan fingerprint density at radius 1 is 1.50 bits per heavy atom. The van der Waals surface area contributed by atoms with Crippen LogP contribution >= 0.6 is 11.6 Å². The summed E-state index contributed by atoms with van der Waals surface area (Å²) in [6, 6.07) is 3.70. The molecule has 3 heteroatoms. The maximum atomic E-state index is 11.1.